The highest BCUT2D eigenvalue weighted by atomic mass is 16.5. The lowest BCUT2D eigenvalue weighted by molar-refractivity contribution is -0.142. The number of rotatable bonds is 7. The number of nitrogens with zero attached hydrogens (tertiary/aromatic N) is 1. The van der Waals surface area contributed by atoms with Gasteiger partial charge in [-0.1, -0.05) is 13.0 Å². The van der Waals surface area contributed by atoms with Crippen LogP contribution in [0.3, 0.4) is 0 Å². The fourth-order valence-electron chi connectivity index (χ4n) is 3.40. The monoisotopic (exact) mass is 376 g/mol. The van der Waals surface area contributed by atoms with Crippen LogP contribution in [0.4, 0.5) is 0 Å². The molecule has 1 aliphatic rings. The lowest BCUT2D eigenvalue weighted by atomic mass is 10.00. The lowest BCUT2D eigenvalue weighted by Crippen LogP contribution is -2.52. The molecule has 6 heteroatoms. The summed E-state index contributed by atoms with van der Waals surface area (Å²) in [5.74, 6) is 1.27. The molecule has 1 N–H and O–H groups in total. The summed E-state index contributed by atoms with van der Waals surface area (Å²) in [6.45, 7) is 8.35. The molecule has 0 aliphatic carbocycles. The van der Waals surface area contributed by atoms with Crippen LogP contribution in [0.15, 0.2) is 18.2 Å². The molecule has 0 aromatic heterocycles. The van der Waals surface area contributed by atoms with Crippen molar-refractivity contribution in [2.45, 2.75) is 71.6 Å². The van der Waals surface area contributed by atoms with Gasteiger partial charge in [0, 0.05) is 13.0 Å². The van der Waals surface area contributed by atoms with Crippen molar-refractivity contribution in [2.24, 2.45) is 0 Å². The van der Waals surface area contributed by atoms with Crippen molar-refractivity contribution >= 4 is 11.8 Å². The molecule has 1 aromatic carbocycles. The summed E-state index contributed by atoms with van der Waals surface area (Å²) < 4.78 is 11.2. The van der Waals surface area contributed by atoms with Crippen molar-refractivity contribution in [3.05, 3.63) is 23.8 Å². The van der Waals surface area contributed by atoms with Gasteiger partial charge in [0.05, 0.1) is 19.3 Å². The molecule has 6 nitrogen and oxygen atoms in total. The predicted octanol–water partition coefficient (Wildman–Crippen LogP) is 3.45. The molecule has 27 heavy (non-hydrogen) atoms. The Bertz CT molecular complexity index is 660. The zero-order valence-electron chi connectivity index (χ0n) is 17.1. The molecule has 0 unspecified atom stereocenters. The second kappa shape index (κ2) is 9.62. The zero-order chi connectivity index (χ0) is 20.0. The summed E-state index contributed by atoms with van der Waals surface area (Å²) >= 11 is 0. The number of hydrogen-bond acceptors (Lipinski definition) is 4. The molecule has 2 rings (SSSR count). The lowest BCUT2D eigenvalue weighted by Gasteiger charge is -2.35. The van der Waals surface area contributed by atoms with Crippen LogP contribution in [0.2, 0.25) is 0 Å². The maximum Gasteiger partial charge on any atom is 0.243 e. The highest BCUT2D eigenvalue weighted by molar-refractivity contribution is 5.88. The van der Waals surface area contributed by atoms with Crippen LogP contribution in [0, 0.1) is 0 Å². The number of piperidine rings is 1. The molecule has 0 spiro atoms. The first-order valence-corrected chi connectivity index (χ1v) is 9.81. The van der Waals surface area contributed by atoms with E-state index in [1.165, 1.54) is 0 Å². The normalized spacial score (nSPS) is 18.1. The summed E-state index contributed by atoms with van der Waals surface area (Å²) in [7, 11) is 1.60. The number of carbonyl (C=O) groups is 2. The van der Waals surface area contributed by atoms with E-state index in [4.69, 9.17) is 9.47 Å². The van der Waals surface area contributed by atoms with Crippen molar-refractivity contribution in [3.63, 3.8) is 0 Å². The van der Waals surface area contributed by atoms with Gasteiger partial charge in [0.2, 0.25) is 11.8 Å². The van der Waals surface area contributed by atoms with E-state index in [0.29, 0.717) is 24.5 Å². The Hall–Kier alpha value is -2.24. The van der Waals surface area contributed by atoms with Crippen LogP contribution in [-0.4, -0.2) is 42.5 Å². The highest BCUT2D eigenvalue weighted by Crippen LogP contribution is 2.31. The van der Waals surface area contributed by atoms with Crippen molar-refractivity contribution in [1.82, 2.24) is 10.2 Å². The summed E-state index contributed by atoms with van der Waals surface area (Å²) in [6.07, 6.45) is 3.12. The van der Waals surface area contributed by atoms with Gasteiger partial charge in [-0.2, -0.15) is 0 Å². The SMILES string of the molecule is CCC(=O)N1CCCC[C@@H]1C(=O)N[C@H](C)c1ccc(OC(C)C)c(OC)c1. The van der Waals surface area contributed by atoms with Crippen molar-refractivity contribution in [1.29, 1.82) is 0 Å². The molecular formula is C21H32N2O4. The number of carbonyl (C=O) groups excluding carboxylic acids is 2. The van der Waals surface area contributed by atoms with Gasteiger partial charge in [-0.05, 0) is 57.7 Å². The fraction of sp³-hybridized carbons (Fsp3) is 0.619. The van der Waals surface area contributed by atoms with Gasteiger partial charge in [-0.3, -0.25) is 9.59 Å². The van der Waals surface area contributed by atoms with Crippen LogP contribution in [0.1, 0.15) is 65.0 Å². The number of likely N-dealkylation sites (tertiary alicyclic amines) is 1. The average Bonchev–Trinajstić information content (AvgIpc) is 2.67. The number of benzene rings is 1. The molecule has 2 amide bonds. The van der Waals surface area contributed by atoms with Crippen molar-refractivity contribution in [3.8, 4) is 11.5 Å². The third-order valence-electron chi connectivity index (χ3n) is 4.84. The highest BCUT2D eigenvalue weighted by Gasteiger charge is 2.32. The summed E-state index contributed by atoms with van der Waals surface area (Å²) in [4.78, 5) is 26.7. The molecule has 1 fully saturated rings. The van der Waals surface area contributed by atoms with E-state index in [0.717, 1.165) is 24.8 Å². The summed E-state index contributed by atoms with van der Waals surface area (Å²) in [6, 6.07) is 5.11. The molecule has 0 saturated carbocycles. The Morgan fingerprint density at radius 1 is 1.22 bits per heavy atom. The number of hydrogen-bond donors (Lipinski definition) is 1. The molecule has 1 aliphatic heterocycles. The van der Waals surface area contributed by atoms with Gasteiger partial charge < -0.3 is 19.7 Å². The Balaban J connectivity index is 2.10. The van der Waals surface area contributed by atoms with E-state index in [2.05, 4.69) is 5.32 Å². The smallest absolute Gasteiger partial charge is 0.243 e. The van der Waals surface area contributed by atoms with Crippen molar-refractivity contribution < 1.29 is 19.1 Å². The first-order chi connectivity index (χ1) is 12.9. The quantitative estimate of drug-likeness (QED) is 0.791. The maximum absolute atomic E-state index is 12.8. The minimum Gasteiger partial charge on any atom is -0.493 e. The molecule has 150 valence electrons. The van der Waals surface area contributed by atoms with Crippen LogP contribution >= 0.6 is 0 Å². The van der Waals surface area contributed by atoms with Crippen molar-refractivity contribution in [2.75, 3.05) is 13.7 Å². The first kappa shape index (κ1) is 21.1. The largest absolute Gasteiger partial charge is 0.493 e. The minimum absolute atomic E-state index is 0.0411. The van der Waals surface area contributed by atoms with Gasteiger partial charge in [0.1, 0.15) is 6.04 Å². The Kier molecular flexibility index (Phi) is 7.51. The van der Waals surface area contributed by atoms with Crippen LogP contribution in [0.25, 0.3) is 0 Å². The molecule has 2 atom stereocenters. The minimum atomic E-state index is -0.376. The van der Waals surface area contributed by atoms with E-state index >= 15 is 0 Å². The standard InChI is InChI=1S/C21H32N2O4/c1-6-20(24)23-12-8-7-9-17(23)21(25)22-15(4)16-10-11-18(27-14(2)3)19(13-16)26-5/h10-11,13-15,17H,6-9,12H2,1-5H3,(H,22,25)/t15-,17-/m1/s1. The zero-order valence-corrected chi connectivity index (χ0v) is 17.1. The van der Waals surface area contributed by atoms with Gasteiger partial charge >= 0.3 is 0 Å². The molecule has 0 bridgehead atoms. The molecule has 0 radical (unpaired) electrons. The molecule has 1 aromatic rings. The number of ether oxygens (including phenoxy) is 2. The summed E-state index contributed by atoms with van der Waals surface area (Å²) in [5.41, 5.74) is 0.931. The first-order valence-electron chi connectivity index (χ1n) is 9.81. The predicted molar refractivity (Wildman–Crippen MR) is 105 cm³/mol. The van der Waals surface area contributed by atoms with E-state index in [1.807, 2.05) is 45.9 Å². The van der Waals surface area contributed by atoms with Crippen LogP contribution < -0.4 is 14.8 Å². The summed E-state index contributed by atoms with van der Waals surface area (Å²) in [5, 5.41) is 3.06. The number of nitrogens with one attached hydrogen (secondary N) is 1. The number of methoxy groups -OCH3 is 1. The third kappa shape index (κ3) is 5.37. The van der Waals surface area contributed by atoms with Gasteiger partial charge in [0.15, 0.2) is 11.5 Å². The molecular weight excluding hydrogens is 344 g/mol. The second-order valence-corrected chi connectivity index (χ2v) is 7.26. The maximum atomic E-state index is 12.8. The fourth-order valence-corrected chi connectivity index (χ4v) is 3.40. The Morgan fingerprint density at radius 2 is 1.96 bits per heavy atom. The number of amides is 2. The van der Waals surface area contributed by atoms with E-state index in [1.54, 1.807) is 12.0 Å². The molecule has 1 heterocycles. The van der Waals surface area contributed by atoms with E-state index in [-0.39, 0.29) is 30.0 Å². The van der Waals surface area contributed by atoms with Gasteiger partial charge in [0.25, 0.3) is 0 Å². The molecule has 1 saturated heterocycles. The van der Waals surface area contributed by atoms with Crippen LogP contribution in [-0.2, 0) is 9.59 Å². The van der Waals surface area contributed by atoms with Gasteiger partial charge in [-0.25, -0.2) is 0 Å². The Morgan fingerprint density at radius 3 is 2.59 bits per heavy atom. The average molecular weight is 376 g/mol. The van der Waals surface area contributed by atoms with E-state index in [9.17, 15) is 9.59 Å². The van der Waals surface area contributed by atoms with Crippen LogP contribution in [0.5, 0.6) is 11.5 Å². The van der Waals surface area contributed by atoms with E-state index < -0.39 is 0 Å². The third-order valence-corrected chi connectivity index (χ3v) is 4.84. The topological polar surface area (TPSA) is 67.9 Å². The van der Waals surface area contributed by atoms with Gasteiger partial charge in [-0.15, -0.1) is 0 Å². The Labute approximate surface area is 162 Å². The second-order valence-electron chi connectivity index (χ2n) is 7.26.